The third kappa shape index (κ3) is 4.36. The van der Waals surface area contributed by atoms with Gasteiger partial charge >= 0.3 is 6.61 Å². The molecular weight excluding hydrogens is 284 g/mol. The molecule has 0 aromatic heterocycles. The van der Waals surface area contributed by atoms with Crippen LogP contribution >= 0.6 is 0 Å². The van der Waals surface area contributed by atoms with Crippen molar-refractivity contribution in [3.05, 3.63) is 23.8 Å². The number of hydrogen-bond donors (Lipinski definition) is 1. The first-order valence-corrected chi connectivity index (χ1v) is 6.77. The molecule has 0 saturated carbocycles. The first-order valence-electron chi connectivity index (χ1n) is 4.88. The average molecular weight is 295 g/mol. The van der Waals surface area contributed by atoms with E-state index in [1.807, 2.05) is 0 Å². The van der Waals surface area contributed by atoms with E-state index in [1.165, 1.54) is 19.2 Å². The number of rotatable bonds is 5. The number of carbonyl (C=O) groups excluding carboxylic acids is 1. The largest absolute Gasteiger partial charge is 0.493 e. The summed E-state index contributed by atoms with van der Waals surface area (Å²) in [6.07, 6.45) is 0.763. The highest BCUT2D eigenvalue weighted by atomic mass is 32.2. The number of sulfonamides is 1. The van der Waals surface area contributed by atoms with Gasteiger partial charge in [0.1, 0.15) is 0 Å². The number of nitrogens with one attached hydrogen (secondary N) is 1. The van der Waals surface area contributed by atoms with Crippen LogP contribution < -0.4 is 14.2 Å². The monoisotopic (exact) mass is 295 g/mol. The highest BCUT2D eigenvalue weighted by Gasteiger charge is 2.21. The van der Waals surface area contributed by atoms with Crippen molar-refractivity contribution in [2.45, 2.75) is 6.61 Å². The maximum atomic E-state index is 12.3. The molecule has 19 heavy (non-hydrogen) atoms. The lowest BCUT2D eigenvalue weighted by Gasteiger charge is -2.13. The van der Waals surface area contributed by atoms with E-state index in [-0.39, 0.29) is 11.3 Å². The van der Waals surface area contributed by atoms with Crippen LogP contribution in [0.2, 0.25) is 0 Å². The number of benzene rings is 1. The molecule has 1 aromatic carbocycles. The molecule has 1 aromatic rings. The Morgan fingerprint density at radius 2 is 2.00 bits per heavy atom. The maximum absolute atomic E-state index is 12.3. The van der Waals surface area contributed by atoms with Crippen LogP contribution in [0, 0.1) is 0 Å². The van der Waals surface area contributed by atoms with E-state index in [2.05, 4.69) is 4.74 Å². The Hall–Kier alpha value is -1.90. The van der Waals surface area contributed by atoms with Gasteiger partial charge in [-0.2, -0.15) is 8.78 Å². The molecule has 1 N–H and O–H groups in total. The third-order valence-electron chi connectivity index (χ3n) is 1.93. The lowest BCUT2D eigenvalue weighted by molar-refractivity contribution is -0.0515. The van der Waals surface area contributed by atoms with Crippen LogP contribution in [0.3, 0.4) is 0 Å². The molecule has 0 spiro atoms. The third-order valence-corrected chi connectivity index (χ3v) is 2.48. The van der Waals surface area contributed by atoms with E-state index in [9.17, 15) is 22.0 Å². The van der Waals surface area contributed by atoms with Gasteiger partial charge in [-0.05, 0) is 12.1 Å². The molecule has 0 unspecified atom stereocenters. The van der Waals surface area contributed by atoms with Crippen molar-refractivity contribution in [1.29, 1.82) is 0 Å². The van der Waals surface area contributed by atoms with Crippen molar-refractivity contribution in [1.82, 2.24) is 4.72 Å². The Balaban J connectivity index is 3.22. The Labute approximate surface area is 108 Å². The van der Waals surface area contributed by atoms with Gasteiger partial charge in [0.25, 0.3) is 5.91 Å². The first-order chi connectivity index (χ1) is 8.74. The predicted molar refractivity (Wildman–Crippen MR) is 61.9 cm³/mol. The van der Waals surface area contributed by atoms with Crippen molar-refractivity contribution in [2.24, 2.45) is 0 Å². The Morgan fingerprint density at radius 3 is 2.47 bits per heavy atom. The van der Waals surface area contributed by atoms with Crippen molar-refractivity contribution in [3.8, 4) is 11.5 Å². The summed E-state index contributed by atoms with van der Waals surface area (Å²) in [7, 11) is -2.62. The van der Waals surface area contributed by atoms with E-state index >= 15 is 0 Å². The van der Waals surface area contributed by atoms with Gasteiger partial charge in [-0.15, -0.1) is 0 Å². The summed E-state index contributed by atoms with van der Waals surface area (Å²) < 4.78 is 57.1. The fourth-order valence-electron chi connectivity index (χ4n) is 1.29. The van der Waals surface area contributed by atoms with Crippen LogP contribution in [-0.2, 0) is 10.0 Å². The van der Waals surface area contributed by atoms with Crippen LogP contribution in [0.4, 0.5) is 8.78 Å². The van der Waals surface area contributed by atoms with Gasteiger partial charge in [0.2, 0.25) is 10.0 Å². The summed E-state index contributed by atoms with van der Waals surface area (Å²) in [5.74, 6) is -1.72. The summed E-state index contributed by atoms with van der Waals surface area (Å²) in [5, 5.41) is 0. The lowest BCUT2D eigenvalue weighted by Crippen LogP contribution is -2.30. The Kier molecular flexibility index (Phi) is 4.65. The molecule has 0 radical (unpaired) electrons. The zero-order chi connectivity index (χ0) is 14.6. The number of hydrogen-bond acceptors (Lipinski definition) is 5. The van der Waals surface area contributed by atoms with Crippen LogP contribution in [0.5, 0.6) is 11.5 Å². The smallest absolute Gasteiger partial charge is 0.387 e. The fraction of sp³-hybridized carbons (Fsp3) is 0.300. The lowest BCUT2D eigenvalue weighted by atomic mass is 10.2. The zero-order valence-corrected chi connectivity index (χ0v) is 10.8. The van der Waals surface area contributed by atoms with Crippen LogP contribution in [0.1, 0.15) is 10.4 Å². The second-order valence-corrected chi connectivity index (χ2v) is 5.17. The number of para-hydroxylation sites is 1. The number of ether oxygens (including phenoxy) is 2. The van der Waals surface area contributed by atoms with Gasteiger partial charge < -0.3 is 9.47 Å². The van der Waals surface area contributed by atoms with Crippen molar-refractivity contribution in [3.63, 3.8) is 0 Å². The van der Waals surface area contributed by atoms with Crippen molar-refractivity contribution >= 4 is 15.9 Å². The molecule has 106 valence electrons. The average Bonchev–Trinajstić information content (AvgIpc) is 2.26. The van der Waals surface area contributed by atoms with Crippen LogP contribution in [-0.4, -0.2) is 34.3 Å². The van der Waals surface area contributed by atoms with Crippen molar-refractivity contribution in [2.75, 3.05) is 13.4 Å². The normalized spacial score (nSPS) is 11.2. The predicted octanol–water partition coefficient (Wildman–Crippen LogP) is 0.986. The van der Waals surface area contributed by atoms with E-state index in [4.69, 9.17) is 4.74 Å². The molecule has 0 heterocycles. The zero-order valence-electron chi connectivity index (χ0n) is 10.0. The SMILES string of the molecule is COc1cccc(C(=O)NS(C)(=O)=O)c1OC(F)F. The Bertz CT molecular complexity index is 573. The molecule has 6 nitrogen and oxygen atoms in total. The minimum absolute atomic E-state index is 0.110. The summed E-state index contributed by atoms with van der Waals surface area (Å²) in [6.45, 7) is -3.18. The van der Waals surface area contributed by atoms with E-state index in [0.29, 0.717) is 0 Å². The number of alkyl halides is 2. The van der Waals surface area contributed by atoms with Gasteiger partial charge in [0, 0.05) is 0 Å². The maximum Gasteiger partial charge on any atom is 0.387 e. The van der Waals surface area contributed by atoms with E-state index in [1.54, 1.807) is 4.72 Å². The minimum Gasteiger partial charge on any atom is -0.493 e. The number of carbonyl (C=O) groups is 1. The molecule has 0 aliphatic rings. The summed E-state index contributed by atoms with van der Waals surface area (Å²) in [6, 6.07) is 3.78. The molecule has 0 bridgehead atoms. The summed E-state index contributed by atoms with van der Waals surface area (Å²) in [5.41, 5.74) is -0.370. The topological polar surface area (TPSA) is 81.7 Å². The fourth-order valence-corrected chi connectivity index (χ4v) is 1.74. The molecular formula is C10H11F2NO5S. The van der Waals surface area contributed by atoms with E-state index in [0.717, 1.165) is 12.3 Å². The van der Waals surface area contributed by atoms with Crippen molar-refractivity contribution < 1.29 is 31.5 Å². The highest BCUT2D eigenvalue weighted by Crippen LogP contribution is 2.32. The second-order valence-electron chi connectivity index (χ2n) is 3.42. The first kappa shape index (κ1) is 15.2. The van der Waals surface area contributed by atoms with Gasteiger partial charge in [-0.1, -0.05) is 6.07 Å². The molecule has 9 heteroatoms. The molecule has 0 fully saturated rings. The van der Waals surface area contributed by atoms with Gasteiger partial charge in [-0.3, -0.25) is 4.79 Å². The molecule has 1 rings (SSSR count). The quantitative estimate of drug-likeness (QED) is 0.876. The number of methoxy groups -OCH3 is 1. The van der Waals surface area contributed by atoms with Crippen LogP contribution in [0.25, 0.3) is 0 Å². The number of halogens is 2. The molecule has 0 aliphatic carbocycles. The van der Waals surface area contributed by atoms with Gasteiger partial charge in [0.15, 0.2) is 11.5 Å². The molecule has 1 amide bonds. The highest BCUT2D eigenvalue weighted by molar-refractivity contribution is 7.89. The minimum atomic E-state index is -3.82. The summed E-state index contributed by atoms with van der Waals surface area (Å²) in [4.78, 5) is 11.7. The summed E-state index contributed by atoms with van der Waals surface area (Å²) >= 11 is 0. The van der Waals surface area contributed by atoms with Crippen LogP contribution in [0.15, 0.2) is 18.2 Å². The molecule has 0 saturated heterocycles. The number of amides is 1. The van der Waals surface area contributed by atoms with Gasteiger partial charge in [-0.25, -0.2) is 13.1 Å². The Morgan fingerprint density at radius 1 is 1.37 bits per heavy atom. The standard InChI is InChI=1S/C10H11F2NO5S/c1-17-7-5-3-4-6(8(7)18-10(11)12)9(14)13-19(2,15)16/h3-5,10H,1-2H3,(H,13,14). The van der Waals surface area contributed by atoms with Gasteiger partial charge in [0.05, 0.1) is 18.9 Å². The second kappa shape index (κ2) is 5.83. The van der Waals surface area contributed by atoms with E-state index < -0.39 is 28.3 Å². The molecule has 0 aliphatic heterocycles. The molecule has 0 atom stereocenters.